The first kappa shape index (κ1) is 19.6. The Morgan fingerprint density at radius 2 is 1.96 bits per heavy atom. The average molecular weight is 382 g/mol. The van der Waals surface area contributed by atoms with Crippen molar-refractivity contribution in [2.45, 2.75) is 44.9 Å². The molecular weight excluding hydrogens is 358 g/mol. The van der Waals surface area contributed by atoms with Crippen LogP contribution >= 0.6 is 11.3 Å². The quantitative estimate of drug-likeness (QED) is 0.832. The summed E-state index contributed by atoms with van der Waals surface area (Å²) in [5, 5.41) is 5.16. The molecule has 1 amide bonds. The third-order valence-electron chi connectivity index (χ3n) is 3.59. The van der Waals surface area contributed by atoms with E-state index in [1.54, 1.807) is 19.9 Å². The Labute approximate surface area is 152 Å². The van der Waals surface area contributed by atoms with Crippen molar-refractivity contribution in [2.24, 2.45) is 0 Å². The first-order valence-electron chi connectivity index (χ1n) is 7.92. The van der Waals surface area contributed by atoms with Crippen LogP contribution in [0.3, 0.4) is 0 Å². The van der Waals surface area contributed by atoms with Gasteiger partial charge in [-0.3, -0.25) is 10.1 Å². The molecule has 0 bridgehead atoms. The van der Waals surface area contributed by atoms with Gasteiger partial charge in [0.15, 0.2) is 5.13 Å². The molecular formula is C17H23N3O3S2. The number of nitrogens with one attached hydrogen (secondary N) is 2. The number of anilines is 1. The number of benzene rings is 1. The van der Waals surface area contributed by atoms with Crippen LogP contribution in [0, 0.1) is 6.92 Å². The lowest BCUT2D eigenvalue weighted by Crippen LogP contribution is -2.24. The zero-order valence-corrected chi connectivity index (χ0v) is 16.6. The first-order valence-corrected chi connectivity index (χ1v) is 10.3. The second-order valence-corrected chi connectivity index (χ2v) is 9.35. The predicted octanol–water partition coefficient (Wildman–Crippen LogP) is 3.30. The van der Waals surface area contributed by atoms with Gasteiger partial charge in [0.1, 0.15) is 0 Å². The maximum atomic E-state index is 12.6. The minimum Gasteiger partial charge on any atom is -0.298 e. The zero-order valence-electron chi connectivity index (χ0n) is 15.0. The molecule has 0 aliphatic heterocycles. The molecule has 0 aliphatic rings. The Morgan fingerprint density at radius 3 is 2.52 bits per heavy atom. The maximum absolute atomic E-state index is 12.6. The minimum absolute atomic E-state index is 0.0691. The summed E-state index contributed by atoms with van der Waals surface area (Å²) in [4.78, 5) is 17.1. The van der Waals surface area contributed by atoms with Crippen LogP contribution in [0.2, 0.25) is 0 Å². The van der Waals surface area contributed by atoms with Gasteiger partial charge in [0.2, 0.25) is 10.0 Å². The second kappa shape index (κ2) is 7.23. The fourth-order valence-corrected chi connectivity index (χ4v) is 4.13. The van der Waals surface area contributed by atoms with Gasteiger partial charge < -0.3 is 0 Å². The Hall–Kier alpha value is -1.77. The summed E-state index contributed by atoms with van der Waals surface area (Å²) in [6.07, 6.45) is 0. The van der Waals surface area contributed by atoms with Gasteiger partial charge >= 0.3 is 0 Å². The molecule has 136 valence electrons. The molecule has 0 atom stereocenters. The average Bonchev–Trinajstić information content (AvgIpc) is 2.96. The van der Waals surface area contributed by atoms with E-state index in [9.17, 15) is 13.2 Å². The number of aromatic nitrogens is 1. The van der Waals surface area contributed by atoms with E-state index >= 15 is 0 Å². The number of rotatable bonds is 5. The number of hydrogen-bond donors (Lipinski definition) is 2. The van der Waals surface area contributed by atoms with Crippen LogP contribution < -0.4 is 10.0 Å². The third-order valence-corrected chi connectivity index (χ3v) is 5.89. The summed E-state index contributed by atoms with van der Waals surface area (Å²) in [7, 11) is -3.61. The summed E-state index contributed by atoms with van der Waals surface area (Å²) in [5.41, 5.74) is 1.80. The van der Waals surface area contributed by atoms with Gasteiger partial charge in [0.05, 0.1) is 10.6 Å². The molecule has 0 spiro atoms. The first-order chi connectivity index (χ1) is 11.5. The molecule has 2 aromatic rings. The highest BCUT2D eigenvalue weighted by Crippen LogP contribution is 2.27. The molecule has 0 unspecified atom stereocenters. The molecule has 25 heavy (non-hydrogen) atoms. The van der Waals surface area contributed by atoms with E-state index in [1.165, 1.54) is 23.5 Å². The molecule has 2 rings (SSSR count). The van der Waals surface area contributed by atoms with E-state index in [2.05, 4.69) is 15.0 Å². The fourth-order valence-electron chi connectivity index (χ4n) is 2.13. The van der Waals surface area contributed by atoms with Crippen molar-refractivity contribution in [2.75, 3.05) is 11.9 Å². The van der Waals surface area contributed by atoms with Gasteiger partial charge in [-0.15, -0.1) is 11.3 Å². The van der Waals surface area contributed by atoms with E-state index in [-0.39, 0.29) is 22.8 Å². The fraction of sp³-hybridized carbons (Fsp3) is 0.412. The van der Waals surface area contributed by atoms with Crippen LogP contribution in [-0.4, -0.2) is 25.9 Å². The lowest BCUT2D eigenvalue weighted by atomic mass is 9.93. The summed E-state index contributed by atoms with van der Waals surface area (Å²) >= 11 is 1.35. The Balaban J connectivity index is 2.29. The largest absolute Gasteiger partial charge is 0.298 e. The lowest BCUT2D eigenvalue weighted by molar-refractivity contribution is 0.102. The van der Waals surface area contributed by atoms with Crippen LogP contribution in [0.15, 0.2) is 28.5 Å². The molecule has 1 aromatic carbocycles. The van der Waals surface area contributed by atoms with Crippen molar-refractivity contribution in [3.05, 3.63) is 40.4 Å². The molecule has 8 heteroatoms. The van der Waals surface area contributed by atoms with Gasteiger partial charge in [0.25, 0.3) is 5.91 Å². The van der Waals surface area contributed by atoms with Crippen LogP contribution in [0.1, 0.15) is 49.3 Å². The summed E-state index contributed by atoms with van der Waals surface area (Å²) < 4.78 is 26.7. The number of carbonyl (C=O) groups excluding carboxylic acids is 1. The van der Waals surface area contributed by atoms with Gasteiger partial charge in [-0.05, 0) is 24.6 Å². The highest BCUT2D eigenvalue weighted by Gasteiger charge is 2.20. The van der Waals surface area contributed by atoms with Crippen LogP contribution in [0.25, 0.3) is 0 Å². The minimum atomic E-state index is -3.61. The summed E-state index contributed by atoms with van der Waals surface area (Å²) in [6, 6.07) is 4.51. The summed E-state index contributed by atoms with van der Waals surface area (Å²) in [6.45, 7) is 9.90. The number of nitrogens with zero attached hydrogens (tertiary/aromatic N) is 1. The van der Waals surface area contributed by atoms with Gasteiger partial charge in [-0.1, -0.05) is 33.8 Å². The smallest absolute Gasteiger partial charge is 0.257 e. The van der Waals surface area contributed by atoms with Crippen LogP contribution in [-0.2, 0) is 15.4 Å². The number of hydrogen-bond acceptors (Lipinski definition) is 5. The monoisotopic (exact) mass is 381 g/mol. The Kier molecular flexibility index (Phi) is 5.65. The molecule has 0 saturated carbocycles. The number of carbonyl (C=O) groups is 1. The second-order valence-electron chi connectivity index (χ2n) is 6.72. The van der Waals surface area contributed by atoms with Gasteiger partial charge in [-0.2, -0.15) is 0 Å². The van der Waals surface area contributed by atoms with Crippen LogP contribution in [0.4, 0.5) is 5.13 Å². The molecule has 0 saturated heterocycles. The highest BCUT2D eigenvalue weighted by atomic mass is 32.2. The van der Waals surface area contributed by atoms with Crippen molar-refractivity contribution in [3.63, 3.8) is 0 Å². The lowest BCUT2D eigenvalue weighted by Gasteiger charge is -2.14. The standard InChI is InChI=1S/C17H23N3O3S2/c1-6-18-25(22,23)12-8-7-11(2)13(9-12)15(21)20-16-19-14(10-24-16)17(3,4)5/h7-10,18H,6H2,1-5H3,(H,19,20,21). The van der Waals surface area contributed by atoms with Crippen molar-refractivity contribution < 1.29 is 13.2 Å². The summed E-state index contributed by atoms with van der Waals surface area (Å²) in [5.74, 6) is -0.374. The normalized spacial score (nSPS) is 12.2. The van der Waals surface area contributed by atoms with E-state index in [0.29, 0.717) is 16.3 Å². The maximum Gasteiger partial charge on any atom is 0.257 e. The van der Waals surface area contributed by atoms with Crippen molar-refractivity contribution in [1.29, 1.82) is 0 Å². The molecule has 0 radical (unpaired) electrons. The predicted molar refractivity (Wildman–Crippen MR) is 101 cm³/mol. The van der Waals surface area contributed by atoms with Gasteiger partial charge in [0, 0.05) is 22.9 Å². The van der Waals surface area contributed by atoms with E-state index in [0.717, 1.165) is 5.69 Å². The van der Waals surface area contributed by atoms with Crippen molar-refractivity contribution in [3.8, 4) is 0 Å². The van der Waals surface area contributed by atoms with Crippen molar-refractivity contribution >= 4 is 32.4 Å². The van der Waals surface area contributed by atoms with Gasteiger partial charge in [-0.25, -0.2) is 18.1 Å². The number of amides is 1. The zero-order chi connectivity index (χ0) is 18.8. The number of aryl methyl sites for hydroxylation is 1. The molecule has 2 N–H and O–H groups in total. The SMILES string of the molecule is CCNS(=O)(=O)c1ccc(C)c(C(=O)Nc2nc(C(C)(C)C)cs2)c1. The molecule has 0 aliphatic carbocycles. The highest BCUT2D eigenvalue weighted by molar-refractivity contribution is 7.89. The molecule has 1 aromatic heterocycles. The van der Waals surface area contributed by atoms with E-state index < -0.39 is 10.0 Å². The third kappa shape index (κ3) is 4.65. The number of thiazole rings is 1. The molecule has 0 fully saturated rings. The topological polar surface area (TPSA) is 88.2 Å². The van der Waals surface area contributed by atoms with E-state index in [4.69, 9.17) is 0 Å². The molecule has 6 nitrogen and oxygen atoms in total. The van der Waals surface area contributed by atoms with E-state index in [1.807, 2.05) is 26.2 Å². The Morgan fingerprint density at radius 1 is 1.28 bits per heavy atom. The van der Waals surface area contributed by atoms with Crippen molar-refractivity contribution in [1.82, 2.24) is 9.71 Å². The Bertz CT molecular complexity index is 881. The molecule has 1 heterocycles. The van der Waals surface area contributed by atoms with Crippen LogP contribution in [0.5, 0.6) is 0 Å². The number of sulfonamides is 1.